The summed E-state index contributed by atoms with van der Waals surface area (Å²) in [5.41, 5.74) is -2.08. The average Bonchev–Trinajstić information content (AvgIpc) is 2.35. The van der Waals surface area contributed by atoms with Gasteiger partial charge in [0.05, 0.1) is 5.60 Å². The zero-order valence-corrected chi connectivity index (χ0v) is 13.1. The fraction of sp³-hybridized carbons (Fsp3) is 0.667. The number of thioether (sulfide) groups is 1. The van der Waals surface area contributed by atoms with Gasteiger partial charge in [0.2, 0.25) is 5.95 Å². The summed E-state index contributed by atoms with van der Waals surface area (Å²) < 4.78 is 38.5. The molecular formula is C12H19F3N4OS. The van der Waals surface area contributed by atoms with Gasteiger partial charge in [-0.15, -0.1) is 0 Å². The number of nitrogens with one attached hydrogen (secondary N) is 1. The second-order valence-corrected chi connectivity index (χ2v) is 5.98. The zero-order valence-electron chi connectivity index (χ0n) is 12.3. The molecule has 1 atom stereocenters. The maximum atomic E-state index is 12.8. The molecule has 0 radical (unpaired) electrons. The second kappa shape index (κ2) is 6.69. The van der Waals surface area contributed by atoms with E-state index in [2.05, 4.69) is 15.3 Å². The largest absolute Gasteiger partial charge is 0.433 e. The summed E-state index contributed by atoms with van der Waals surface area (Å²) in [6.45, 7) is 1.65. The van der Waals surface area contributed by atoms with Crippen molar-refractivity contribution in [2.45, 2.75) is 18.7 Å². The number of hydrogen-bond donors (Lipinski definition) is 2. The zero-order chi connectivity index (χ0) is 16.3. The van der Waals surface area contributed by atoms with E-state index in [0.717, 1.165) is 6.07 Å². The van der Waals surface area contributed by atoms with Crippen LogP contribution in [0.5, 0.6) is 0 Å². The van der Waals surface area contributed by atoms with Crippen molar-refractivity contribution in [2.24, 2.45) is 0 Å². The van der Waals surface area contributed by atoms with Crippen LogP contribution in [0.1, 0.15) is 12.6 Å². The number of rotatable bonds is 6. The van der Waals surface area contributed by atoms with Crippen molar-refractivity contribution in [3.05, 3.63) is 11.8 Å². The lowest BCUT2D eigenvalue weighted by atomic mass is 10.1. The van der Waals surface area contributed by atoms with Crippen LogP contribution in [-0.2, 0) is 6.18 Å². The van der Waals surface area contributed by atoms with Crippen LogP contribution in [0.4, 0.5) is 24.9 Å². The van der Waals surface area contributed by atoms with Crippen LogP contribution in [0.2, 0.25) is 0 Å². The van der Waals surface area contributed by atoms with E-state index in [4.69, 9.17) is 0 Å². The number of aromatic nitrogens is 2. The molecule has 1 heterocycles. The summed E-state index contributed by atoms with van der Waals surface area (Å²) in [6.07, 6.45) is -2.72. The molecule has 0 aliphatic carbocycles. The summed E-state index contributed by atoms with van der Waals surface area (Å²) >= 11 is 1.44. The first-order valence-electron chi connectivity index (χ1n) is 6.14. The molecule has 1 unspecified atom stereocenters. The molecule has 21 heavy (non-hydrogen) atoms. The lowest BCUT2D eigenvalue weighted by Gasteiger charge is -2.23. The quantitative estimate of drug-likeness (QED) is 0.835. The molecule has 1 rings (SSSR count). The minimum absolute atomic E-state index is 0.0576. The second-order valence-electron chi connectivity index (χ2n) is 5.11. The van der Waals surface area contributed by atoms with Gasteiger partial charge in [0.1, 0.15) is 5.82 Å². The molecule has 5 nitrogen and oxygen atoms in total. The molecule has 0 saturated carbocycles. The highest BCUT2D eigenvalue weighted by atomic mass is 32.2. The minimum Gasteiger partial charge on any atom is -0.387 e. The van der Waals surface area contributed by atoms with E-state index in [1.54, 1.807) is 21.0 Å². The minimum atomic E-state index is -4.55. The van der Waals surface area contributed by atoms with Gasteiger partial charge in [-0.3, -0.25) is 0 Å². The molecule has 1 aromatic heterocycles. The van der Waals surface area contributed by atoms with Crippen LogP contribution in [0.15, 0.2) is 6.07 Å². The summed E-state index contributed by atoms with van der Waals surface area (Å²) in [4.78, 5) is 8.91. The molecule has 120 valence electrons. The predicted molar refractivity (Wildman–Crippen MR) is 78.9 cm³/mol. The third-order valence-corrected chi connectivity index (χ3v) is 3.45. The van der Waals surface area contributed by atoms with Gasteiger partial charge in [0, 0.05) is 32.5 Å². The Balaban J connectivity index is 2.99. The molecule has 0 saturated heterocycles. The Morgan fingerprint density at radius 3 is 2.43 bits per heavy atom. The molecule has 1 aromatic rings. The normalized spacial score (nSPS) is 14.7. The first kappa shape index (κ1) is 17.8. The number of alkyl halides is 3. The lowest BCUT2D eigenvalue weighted by molar-refractivity contribution is -0.141. The maximum absolute atomic E-state index is 12.8. The third kappa shape index (κ3) is 5.58. The Hall–Kier alpha value is -1.22. The Labute approximate surface area is 126 Å². The molecule has 0 aromatic carbocycles. The summed E-state index contributed by atoms with van der Waals surface area (Å²) in [6, 6.07) is 0.880. The number of hydrogen-bond acceptors (Lipinski definition) is 6. The lowest BCUT2D eigenvalue weighted by Crippen LogP contribution is -2.36. The third-order valence-electron chi connectivity index (χ3n) is 2.54. The smallest absolute Gasteiger partial charge is 0.387 e. The number of aliphatic hydroxyl groups is 1. The molecule has 0 fully saturated rings. The monoisotopic (exact) mass is 324 g/mol. The van der Waals surface area contributed by atoms with Crippen molar-refractivity contribution < 1.29 is 18.3 Å². The van der Waals surface area contributed by atoms with E-state index in [9.17, 15) is 18.3 Å². The Kier molecular flexibility index (Phi) is 5.68. The SMILES string of the molecule is CSCC(C)(O)CNc1nc(N(C)C)cc(C(F)(F)F)n1. The topological polar surface area (TPSA) is 61.3 Å². The van der Waals surface area contributed by atoms with Crippen LogP contribution >= 0.6 is 11.8 Å². The van der Waals surface area contributed by atoms with E-state index in [1.807, 2.05) is 6.26 Å². The average molecular weight is 324 g/mol. The van der Waals surface area contributed by atoms with Gasteiger partial charge < -0.3 is 15.3 Å². The van der Waals surface area contributed by atoms with E-state index in [1.165, 1.54) is 16.7 Å². The number of halogens is 3. The highest BCUT2D eigenvalue weighted by Crippen LogP contribution is 2.30. The first-order chi connectivity index (χ1) is 9.55. The van der Waals surface area contributed by atoms with E-state index in [0.29, 0.717) is 5.75 Å². The van der Waals surface area contributed by atoms with E-state index in [-0.39, 0.29) is 18.3 Å². The standard InChI is InChI=1S/C12H19F3N4OS/c1-11(20,7-21-4)6-16-10-17-8(12(13,14)15)5-9(18-10)19(2)3/h5,20H,6-7H2,1-4H3,(H,16,17,18). The maximum Gasteiger partial charge on any atom is 0.433 e. The molecule has 2 N–H and O–H groups in total. The highest BCUT2D eigenvalue weighted by Gasteiger charge is 2.34. The van der Waals surface area contributed by atoms with E-state index >= 15 is 0 Å². The Morgan fingerprint density at radius 2 is 1.95 bits per heavy atom. The van der Waals surface area contributed by atoms with Crippen molar-refractivity contribution in [3.63, 3.8) is 0 Å². The van der Waals surface area contributed by atoms with Crippen molar-refractivity contribution in [3.8, 4) is 0 Å². The molecule has 0 bridgehead atoms. The molecular weight excluding hydrogens is 305 g/mol. The van der Waals surface area contributed by atoms with Crippen LogP contribution in [0.3, 0.4) is 0 Å². The number of anilines is 2. The van der Waals surface area contributed by atoms with Gasteiger partial charge in [-0.25, -0.2) is 4.98 Å². The van der Waals surface area contributed by atoms with Crippen molar-refractivity contribution >= 4 is 23.5 Å². The summed E-state index contributed by atoms with van der Waals surface area (Å²) in [5, 5.41) is 12.7. The fourth-order valence-corrected chi connectivity index (χ4v) is 2.24. The molecule has 9 heteroatoms. The van der Waals surface area contributed by atoms with Crippen LogP contribution in [0.25, 0.3) is 0 Å². The van der Waals surface area contributed by atoms with Crippen molar-refractivity contribution in [1.82, 2.24) is 9.97 Å². The highest BCUT2D eigenvalue weighted by molar-refractivity contribution is 7.98. The Bertz CT molecular complexity index is 480. The van der Waals surface area contributed by atoms with Crippen LogP contribution in [-0.4, -0.2) is 53.3 Å². The van der Waals surface area contributed by atoms with Gasteiger partial charge >= 0.3 is 6.18 Å². The fourth-order valence-electron chi connectivity index (χ4n) is 1.52. The molecule has 0 aliphatic heterocycles. The Morgan fingerprint density at radius 1 is 1.33 bits per heavy atom. The van der Waals surface area contributed by atoms with Gasteiger partial charge in [0.25, 0.3) is 0 Å². The molecule has 0 amide bonds. The van der Waals surface area contributed by atoms with E-state index < -0.39 is 17.5 Å². The van der Waals surface area contributed by atoms with Gasteiger partial charge in [0.15, 0.2) is 5.69 Å². The summed E-state index contributed by atoms with van der Waals surface area (Å²) in [7, 11) is 3.19. The van der Waals surface area contributed by atoms with Gasteiger partial charge in [-0.1, -0.05) is 0 Å². The van der Waals surface area contributed by atoms with Crippen molar-refractivity contribution in [2.75, 3.05) is 42.9 Å². The van der Waals surface area contributed by atoms with Gasteiger partial charge in [-0.05, 0) is 13.2 Å². The van der Waals surface area contributed by atoms with Gasteiger partial charge in [-0.2, -0.15) is 29.9 Å². The van der Waals surface area contributed by atoms with Crippen molar-refractivity contribution in [1.29, 1.82) is 0 Å². The first-order valence-corrected chi connectivity index (χ1v) is 7.53. The summed E-state index contributed by atoms with van der Waals surface area (Å²) in [5.74, 6) is 0.429. The molecule has 0 aliphatic rings. The van der Waals surface area contributed by atoms with Crippen LogP contribution in [0, 0.1) is 0 Å². The van der Waals surface area contributed by atoms with Crippen LogP contribution < -0.4 is 10.2 Å². The molecule has 0 spiro atoms. The number of nitrogens with zero attached hydrogens (tertiary/aromatic N) is 3. The predicted octanol–water partition coefficient (Wildman–Crippen LogP) is 2.09.